The number of benzene rings is 1. The van der Waals surface area contributed by atoms with Crippen molar-refractivity contribution < 1.29 is 14.3 Å². The zero-order valence-electron chi connectivity index (χ0n) is 13.7. The Kier molecular flexibility index (Phi) is 5.98. The highest BCUT2D eigenvalue weighted by molar-refractivity contribution is 5.94. The van der Waals surface area contributed by atoms with Gasteiger partial charge in [-0.25, -0.2) is 5.84 Å². The predicted molar refractivity (Wildman–Crippen MR) is 87.7 cm³/mol. The second-order valence-corrected chi connectivity index (χ2v) is 6.33. The third kappa shape index (κ3) is 4.69. The summed E-state index contributed by atoms with van der Waals surface area (Å²) in [5.41, 5.74) is 2.78. The molecule has 2 rings (SSSR count). The minimum absolute atomic E-state index is 0.0602. The lowest BCUT2D eigenvalue weighted by molar-refractivity contribution is -0.126. The van der Waals surface area contributed by atoms with E-state index >= 15 is 0 Å². The van der Waals surface area contributed by atoms with Crippen LogP contribution in [0.2, 0.25) is 0 Å². The first kappa shape index (κ1) is 17.3. The van der Waals surface area contributed by atoms with Gasteiger partial charge in [0.2, 0.25) is 5.91 Å². The first-order valence-corrected chi connectivity index (χ1v) is 8.04. The predicted octanol–water partition coefficient (Wildman–Crippen LogP) is 1.56. The lowest BCUT2D eigenvalue weighted by atomic mass is 9.97. The van der Waals surface area contributed by atoms with Gasteiger partial charge in [-0.15, -0.1) is 0 Å². The Hall–Kier alpha value is -2.08. The van der Waals surface area contributed by atoms with Crippen LogP contribution < -0.4 is 16.0 Å². The lowest BCUT2D eigenvalue weighted by Gasteiger charge is -2.31. The van der Waals surface area contributed by atoms with Gasteiger partial charge in [0, 0.05) is 18.7 Å². The molecule has 6 nitrogen and oxygen atoms in total. The first-order chi connectivity index (χ1) is 11.0. The maximum Gasteiger partial charge on any atom is 0.253 e. The fourth-order valence-electron chi connectivity index (χ4n) is 2.63. The molecule has 23 heavy (non-hydrogen) atoms. The smallest absolute Gasteiger partial charge is 0.253 e. The summed E-state index contributed by atoms with van der Waals surface area (Å²) < 4.78 is 5.62. The fourth-order valence-corrected chi connectivity index (χ4v) is 2.63. The van der Waals surface area contributed by atoms with Crippen LogP contribution in [0.15, 0.2) is 24.3 Å². The van der Waals surface area contributed by atoms with Crippen molar-refractivity contribution in [3.63, 3.8) is 0 Å². The van der Waals surface area contributed by atoms with Gasteiger partial charge in [0.05, 0.1) is 12.5 Å². The molecule has 3 N–H and O–H groups in total. The van der Waals surface area contributed by atoms with E-state index in [1.807, 2.05) is 12.1 Å². The number of carbonyl (C=O) groups excluding carboxylic acids is 2. The third-order valence-electron chi connectivity index (χ3n) is 3.91. The van der Waals surface area contributed by atoms with Gasteiger partial charge in [-0.05, 0) is 43.0 Å². The van der Waals surface area contributed by atoms with Crippen molar-refractivity contribution in [2.75, 3.05) is 19.7 Å². The van der Waals surface area contributed by atoms with Crippen LogP contribution >= 0.6 is 0 Å². The number of piperidine rings is 1. The molecule has 0 aliphatic carbocycles. The molecule has 1 aromatic rings. The number of ether oxygens (including phenoxy) is 1. The Morgan fingerprint density at radius 3 is 2.65 bits per heavy atom. The number of amides is 2. The number of hydrogen-bond donors (Lipinski definition) is 2. The zero-order chi connectivity index (χ0) is 16.8. The number of nitrogens with one attached hydrogen (secondary N) is 1. The van der Waals surface area contributed by atoms with Gasteiger partial charge in [0.1, 0.15) is 5.75 Å². The minimum atomic E-state index is -0.230. The Balaban J connectivity index is 1.98. The Labute approximate surface area is 136 Å². The van der Waals surface area contributed by atoms with E-state index in [0.29, 0.717) is 31.2 Å². The number of nitrogens with zero attached hydrogens (tertiary/aromatic N) is 1. The van der Waals surface area contributed by atoms with E-state index < -0.39 is 0 Å². The molecule has 1 aromatic carbocycles. The van der Waals surface area contributed by atoms with E-state index in [-0.39, 0.29) is 17.7 Å². The van der Waals surface area contributed by atoms with Crippen LogP contribution in [0.5, 0.6) is 5.75 Å². The highest BCUT2D eigenvalue weighted by Crippen LogP contribution is 2.20. The number of hydrogen-bond acceptors (Lipinski definition) is 4. The standard InChI is InChI=1S/C17H25N3O3/c1-12(2)11-23-15-7-5-13(6-8-15)17(22)20-9-3-4-14(10-20)16(21)19-18/h5-8,12,14H,3-4,9-11,18H2,1-2H3,(H,19,21). The van der Waals surface area contributed by atoms with Gasteiger partial charge in [-0.3, -0.25) is 15.0 Å². The number of hydrazine groups is 1. The number of carbonyl (C=O) groups is 2. The highest BCUT2D eigenvalue weighted by Gasteiger charge is 2.28. The summed E-state index contributed by atoms with van der Waals surface area (Å²) in [5, 5.41) is 0. The second kappa shape index (κ2) is 7.97. The largest absolute Gasteiger partial charge is 0.493 e. The van der Waals surface area contributed by atoms with Crippen molar-refractivity contribution in [1.29, 1.82) is 0 Å². The van der Waals surface area contributed by atoms with Crippen LogP contribution in [-0.2, 0) is 4.79 Å². The fraction of sp³-hybridized carbons (Fsp3) is 0.529. The molecular weight excluding hydrogens is 294 g/mol. The summed E-state index contributed by atoms with van der Waals surface area (Å²) >= 11 is 0. The number of rotatable bonds is 5. The second-order valence-electron chi connectivity index (χ2n) is 6.33. The summed E-state index contributed by atoms with van der Waals surface area (Å²) in [7, 11) is 0. The molecule has 1 fully saturated rings. The van der Waals surface area contributed by atoms with Gasteiger partial charge in [0.25, 0.3) is 5.91 Å². The molecule has 126 valence electrons. The third-order valence-corrected chi connectivity index (χ3v) is 3.91. The maximum absolute atomic E-state index is 12.6. The Bertz CT molecular complexity index is 543. The zero-order valence-corrected chi connectivity index (χ0v) is 13.7. The van der Waals surface area contributed by atoms with E-state index in [4.69, 9.17) is 10.6 Å². The molecule has 0 aromatic heterocycles. The normalized spacial score (nSPS) is 17.9. The van der Waals surface area contributed by atoms with Crippen LogP contribution in [0.3, 0.4) is 0 Å². The van der Waals surface area contributed by atoms with Crippen molar-refractivity contribution in [2.45, 2.75) is 26.7 Å². The number of nitrogens with two attached hydrogens (primary N) is 1. The van der Waals surface area contributed by atoms with Gasteiger partial charge >= 0.3 is 0 Å². The average molecular weight is 319 g/mol. The molecule has 2 amide bonds. The topological polar surface area (TPSA) is 84.7 Å². The molecule has 1 atom stereocenters. The molecule has 1 unspecified atom stereocenters. The molecule has 1 heterocycles. The molecular formula is C17H25N3O3. The monoisotopic (exact) mass is 319 g/mol. The first-order valence-electron chi connectivity index (χ1n) is 8.04. The quantitative estimate of drug-likeness (QED) is 0.490. The van der Waals surface area contributed by atoms with Gasteiger partial charge < -0.3 is 9.64 Å². The molecule has 0 saturated carbocycles. The number of likely N-dealkylation sites (tertiary alicyclic amines) is 1. The molecule has 0 radical (unpaired) electrons. The summed E-state index contributed by atoms with van der Waals surface area (Å²) in [5.74, 6) is 5.90. The Morgan fingerprint density at radius 1 is 1.35 bits per heavy atom. The van der Waals surface area contributed by atoms with E-state index in [0.717, 1.165) is 18.6 Å². The minimum Gasteiger partial charge on any atom is -0.493 e. The van der Waals surface area contributed by atoms with Gasteiger partial charge in [-0.2, -0.15) is 0 Å². The molecule has 0 spiro atoms. The van der Waals surface area contributed by atoms with E-state index in [2.05, 4.69) is 19.3 Å². The van der Waals surface area contributed by atoms with Crippen LogP contribution in [0.1, 0.15) is 37.0 Å². The van der Waals surface area contributed by atoms with Gasteiger partial charge in [-0.1, -0.05) is 13.8 Å². The van der Waals surface area contributed by atoms with Crippen molar-refractivity contribution >= 4 is 11.8 Å². The van der Waals surface area contributed by atoms with Crippen LogP contribution in [0.4, 0.5) is 0 Å². The summed E-state index contributed by atoms with van der Waals surface area (Å²) in [6.07, 6.45) is 1.56. The molecule has 1 aliphatic rings. The van der Waals surface area contributed by atoms with Crippen molar-refractivity contribution in [3.8, 4) is 5.75 Å². The summed E-state index contributed by atoms with van der Waals surface area (Å²) in [4.78, 5) is 25.9. The molecule has 1 aliphatic heterocycles. The molecule has 1 saturated heterocycles. The van der Waals surface area contributed by atoms with Crippen molar-refractivity contribution in [2.24, 2.45) is 17.7 Å². The van der Waals surface area contributed by atoms with E-state index in [1.165, 1.54) is 0 Å². The highest BCUT2D eigenvalue weighted by atomic mass is 16.5. The van der Waals surface area contributed by atoms with Crippen LogP contribution in [0.25, 0.3) is 0 Å². The van der Waals surface area contributed by atoms with E-state index in [9.17, 15) is 9.59 Å². The summed E-state index contributed by atoms with van der Waals surface area (Å²) in [6, 6.07) is 7.16. The van der Waals surface area contributed by atoms with Crippen molar-refractivity contribution in [1.82, 2.24) is 10.3 Å². The Morgan fingerprint density at radius 2 is 2.04 bits per heavy atom. The SMILES string of the molecule is CC(C)COc1ccc(C(=O)N2CCCC(C(=O)NN)C2)cc1. The summed E-state index contributed by atoms with van der Waals surface area (Å²) in [6.45, 7) is 5.89. The van der Waals surface area contributed by atoms with Crippen molar-refractivity contribution in [3.05, 3.63) is 29.8 Å². The maximum atomic E-state index is 12.6. The van der Waals surface area contributed by atoms with Crippen LogP contribution in [0, 0.1) is 11.8 Å². The average Bonchev–Trinajstić information content (AvgIpc) is 2.59. The van der Waals surface area contributed by atoms with E-state index in [1.54, 1.807) is 17.0 Å². The van der Waals surface area contributed by atoms with Crippen LogP contribution in [-0.4, -0.2) is 36.4 Å². The molecule has 0 bridgehead atoms. The molecule has 6 heteroatoms. The van der Waals surface area contributed by atoms with Gasteiger partial charge in [0.15, 0.2) is 0 Å². The lowest BCUT2D eigenvalue weighted by Crippen LogP contribution is -2.46.